The average Bonchev–Trinajstić information content (AvgIpc) is 2.31. The molecule has 0 spiro atoms. The van der Waals surface area contributed by atoms with Crippen molar-refractivity contribution in [1.82, 2.24) is 9.97 Å². The van der Waals surface area contributed by atoms with E-state index in [4.69, 9.17) is 0 Å². The molecule has 0 aliphatic carbocycles. The van der Waals surface area contributed by atoms with E-state index in [1.807, 2.05) is 20.0 Å². The van der Waals surface area contributed by atoms with Crippen LogP contribution >= 0.6 is 11.8 Å². The molecule has 1 aromatic heterocycles. The van der Waals surface area contributed by atoms with Crippen LogP contribution < -0.4 is 5.32 Å². The lowest BCUT2D eigenvalue weighted by Gasteiger charge is -2.05. The molecule has 0 unspecified atom stereocenters. The number of anilines is 1. The van der Waals surface area contributed by atoms with Gasteiger partial charge in [-0.15, -0.1) is 0 Å². The fraction of sp³-hybridized carbons (Fsp3) is 0.231. The van der Waals surface area contributed by atoms with Gasteiger partial charge in [-0.25, -0.2) is 9.97 Å². The fourth-order valence-electron chi connectivity index (χ4n) is 1.43. The third-order valence-electron chi connectivity index (χ3n) is 2.30. The molecule has 0 aliphatic rings. The zero-order valence-corrected chi connectivity index (χ0v) is 11.0. The standard InChI is InChI=1S/C13H15N3S/c1-9-4-6-11(7-5-9)17-12-8-10(2)15-13(14-3)16-12/h4-8H,1-3H3,(H,14,15,16). The van der Waals surface area contributed by atoms with Gasteiger partial charge < -0.3 is 5.32 Å². The zero-order chi connectivity index (χ0) is 12.3. The summed E-state index contributed by atoms with van der Waals surface area (Å²) in [6.07, 6.45) is 0. The van der Waals surface area contributed by atoms with E-state index >= 15 is 0 Å². The number of aryl methyl sites for hydroxylation is 2. The second kappa shape index (κ2) is 5.19. The van der Waals surface area contributed by atoms with Gasteiger partial charge in [0.1, 0.15) is 5.03 Å². The predicted molar refractivity (Wildman–Crippen MR) is 71.6 cm³/mol. The minimum atomic E-state index is 0.666. The molecule has 2 rings (SSSR count). The van der Waals surface area contributed by atoms with Gasteiger partial charge in [-0.1, -0.05) is 29.5 Å². The van der Waals surface area contributed by atoms with Crippen LogP contribution in [0.1, 0.15) is 11.3 Å². The first kappa shape index (κ1) is 11.9. The Morgan fingerprint density at radius 3 is 2.41 bits per heavy atom. The van der Waals surface area contributed by atoms with Gasteiger partial charge in [0.2, 0.25) is 5.95 Å². The van der Waals surface area contributed by atoms with Crippen molar-refractivity contribution < 1.29 is 0 Å². The van der Waals surface area contributed by atoms with Gasteiger partial charge in [0.15, 0.2) is 0 Å². The second-order valence-electron chi connectivity index (χ2n) is 3.84. The highest BCUT2D eigenvalue weighted by Gasteiger charge is 2.02. The van der Waals surface area contributed by atoms with E-state index in [0.717, 1.165) is 10.7 Å². The summed E-state index contributed by atoms with van der Waals surface area (Å²) in [5.41, 5.74) is 2.24. The maximum atomic E-state index is 4.41. The van der Waals surface area contributed by atoms with Crippen LogP contribution in [0.4, 0.5) is 5.95 Å². The van der Waals surface area contributed by atoms with E-state index in [0.29, 0.717) is 5.95 Å². The average molecular weight is 245 g/mol. The van der Waals surface area contributed by atoms with E-state index in [1.54, 1.807) is 11.8 Å². The Labute approximate surface area is 106 Å². The van der Waals surface area contributed by atoms with Crippen molar-refractivity contribution in [3.63, 3.8) is 0 Å². The Kier molecular flexibility index (Phi) is 3.64. The molecule has 0 fully saturated rings. The maximum absolute atomic E-state index is 4.41. The number of nitrogens with zero attached hydrogens (tertiary/aromatic N) is 2. The Morgan fingerprint density at radius 1 is 1.06 bits per heavy atom. The van der Waals surface area contributed by atoms with Gasteiger partial charge in [0.25, 0.3) is 0 Å². The van der Waals surface area contributed by atoms with Crippen molar-refractivity contribution in [3.8, 4) is 0 Å². The molecule has 1 aromatic carbocycles. The highest BCUT2D eigenvalue weighted by atomic mass is 32.2. The van der Waals surface area contributed by atoms with Crippen LogP contribution in [-0.4, -0.2) is 17.0 Å². The SMILES string of the molecule is CNc1nc(C)cc(Sc2ccc(C)cc2)n1. The Hall–Kier alpha value is -1.55. The van der Waals surface area contributed by atoms with Crippen LogP contribution in [0.2, 0.25) is 0 Å². The van der Waals surface area contributed by atoms with Crippen molar-refractivity contribution in [2.24, 2.45) is 0 Å². The van der Waals surface area contributed by atoms with Crippen molar-refractivity contribution in [2.75, 3.05) is 12.4 Å². The van der Waals surface area contributed by atoms with E-state index in [-0.39, 0.29) is 0 Å². The number of aromatic nitrogens is 2. The third kappa shape index (κ3) is 3.20. The van der Waals surface area contributed by atoms with E-state index in [2.05, 4.69) is 46.5 Å². The Balaban J connectivity index is 2.23. The molecular weight excluding hydrogens is 230 g/mol. The first-order valence-electron chi connectivity index (χ1n) is 5.45. The minimum absolute atomic E-state index is 0.666. The number of hydrogen-bond acceptors (Lipinski definition) is 4. The van der Waals surface area contributed by atoms with Crippen LogP contribution in [0, 0.1) is 13.8 Å². The summed E-state index contributed by atoms with van der Waals surface area (Å²) in [6.45, 7) is 4.06. The summed E-state index contributed by atoms with van der Waals surface area (Å²) in [5.74, 6) is 0.666. The summed E-state index contributed by atoms with van der Waals surface area (Å²) < 4.78 is 0. The topological polar surface area (TPSA) is 37.8 Å². The number of benzene rings is 1. The quantitative estimate of drug-likeness (QED) is 0.842. The zero-order valence-electron chi connectivity index (χ0n) is 10.2. The van der Waals surface area contributed by atoms with Crippen molar-refractivity contribution in [2.45, 2.75) is 23.8 Å². The van der Waals surface area contributed by atoms with Gasteiger partial charge >= 0.3 is 0 Å². The second-order valence-corrected chi connectivity index (χ2v) is 4.93. The monoisotopic (exact) mass is 245 g/mol. The lowest BCUT2D eigenvalue weighted by atomic mass is 10.2. The van der Waals surface area contributed by atoms with Gasteiger partial charge in [-0.2, -0.15) is 0 Å². The molecule has 0 radical (unpaired) electrons. The Bertz CT molecular complexity index is 509. The summed E-state index contributed by atoms with van der Waals surface area (Å²) in [7, 11) is 1.83. The third-order valence-corrected chi connectivity index (χ3v) is 3.22. The molecule has 0 saturated carbocycles. The molecule has 0 atom stereocenters. The van der Waals surface area contributed by atoms with Crippen LogP contribution in [0.25, 0.3) is 0 Å². The van der Waals surface area contributed by atoms with E-state index < -0.39 is 0 Å². The fourth-order valence-corrected chi connectivity index (χ4v) is 2.31. The lowest BCUT2D eigenvalue weighted by molar-refractivity contribution is 1.01. The smallest absolute Gasteiger partial charge is 0.223 e. The van der Waals surface area contributed by atoms with Crippen LogP contribution in [-0.2, 0) is 0 Å². The molecule has 0 aliphatic heterocycles. The van der Waals surface area contributed by atoms with E-state index in [9.17, 15) is 0 Å². The summed E-state index contributed by atoms with van der Waals surface area (Å²) in [6, 6.07) is 10.4. The highest BCUT2D eigenvalue weighted by molar-refractivity contribution is 7.99. The van der Waals surface area contributed by atoms with Crippen molar-refractivity contribution in [1.29, 1.82) is 0 Å². The molecule has 88 valence electrons. The molecule has 1 heterocycles. The number of nitrogens with one attached hydrogen (secondary N) is 1. The predicted octanol–water partition coefficient (Wildman–Crippen LogP) is 3.29. The lowest BCUT2D eigenvalue weighted by Crippen LogP contribution is -1.98. The van der Waals surface area contributed by atoms with Gasteiger partial charge in [-0.3, -0.25) is 0 Å². The first-order chi connectivity index (χ1) is 8.17. The van der Waals surface area contributed by atoms with Crippen LogP contribution in [0.15, 0.2) is 40.3 Å². The Morgan fingerprint density at radius 2 is 1.76 bits per heavy atom. The summed E-state index contributed by atoms with van der Waals surface area (Å²) in [4.78, 5) is 9.87. The highest BCUT2D eigenvalue weighted by Crippen LogP contribution is 2.27. The van der Waals surface area contributed by atoms with E-state index in [1.165, 1.54) is 10.5 Å². The molecule has 0 bridgehead atoms. The maximum Gasteiger partial charge on any atom is 0.223 e. The molecule has 0 amide bonds. The number of rotatable bonds is 3. The van der Waals surface area contributed by atoms with Gasteiger partial charge in [-0.05, 0) is 32.0 Å². The molecular formula is C13H15N3S. The molecule has 17 heavy (non-hydrogen) atoms. The minimum Gasteiger partial charge on any atom is -0.357 e. The van der Waals surface area contributed by atoms with Crippen LogP contribution in [0.3, 0.4) is 0 Å². The van der Waals surface area contributed by atoms with Gasteiger partial charge in [0, 0.05) is 17.6 Å². The van der Waals surface area contributed by atoms with Crippen molar-refractivity contribution in [3.05, 3.63) is 41.6 Å². The largest absolute Gasteiger partial charge is 0.357 e. The van der Waals surface area contributed by atoms with Crippen molar-refractivity contribution >= 4 is 17.7 Å². The molecule has 4 heteroatoms. The van der Waals surface area contributed by atoms with Gasteiger partial charge in [0.05, 0.1) is 0 Å². The van der Waals surface area contributed by atoms with Crippen LogP contribution in [0.5, 0.6) is 0 Å². The molecule has 0 saturated heterocycles. The summed E-state index contributed by atoms with van der Waals surface area (Å²) in [5, 5.41) is 3.93. The number of hydrogen-bond donors (Lipinski definition) is 1. The molecule has 1 N–H and O–H groups in total. The normalized spacial score (nSPS) is 10.3. The summed E-state index contributed by atoms with van der Waals surface area (Å²) >= 11 is 1.65. The molecule has 3 nitrogen and oxygen atoms in total. The first-order valence-corrected chi connectivity index (χ1v) is 6.27. The molecule has 2 aromatic rings.